The summed E-state index contributed by atoms with van der Waals surface area (Å²) in [6.07, 6.45) is 3.02. The molecule has 0 radical (unpaired) electrons. The maximum absolute atomic E-state index is 14.4. The molecule has 0 spiro atoms. The van der Waals surface area contributed by atoms with Gasteiger partial charge in [0.25, 0.3) is 5.91 Å². The van der Waals surface area contributed by atoms with E-state index < -0.39 is 70.5 Å². The van der Waals surface area contributed by atoms with Crippen LogP contribution in [0.1, 0.15) is 85.8 Å². The van der Waals surface area contributed by atoms with Gasteiger partial charge < -0.3 is 31.3 Å². The number of urea groups is 1. The lowest BCUT2D eigenvalue weighted by Gasteiger charge is -2.38. The number of primary amides is 1. The molecule has 1 saturated heterocycles. The van der Waals surface area contributed by atoms with Crippen molar-refractivity contribution in [3.8, 4) is 0 Å². The molecule has 4 aliphatic rings. The maximum Gasteiger partial charge on any atom is 0.329 e. The zero-order valence-corrected chi connectivity index (χ0v) is 30.1. The van der Waals surface area contributed by atoms with E-state index in [1.165, 1.54) is 4.90 Å². The molecule has 1 aliphatic heterocycles. The minimum atomic E-state index is -1.11. The number of likely N-dealkylation sites (tertiary alicyclic amines) is 1. The largest absolute Gasteiger partial charge is 0.460 e. The van der Waals surface area contributed by atoms with Crippen LogP contribution < -0.4 is 21.7 Å². The van der Waals surface area contributed by atoms with Gasteiger partial charge in [0.2, 0.25) is 17.6 Å². The Balaban J connectivity index is 1.29. The van der Waals surface area contributed by atoms with Crippen molar-refractivity contribution in [1.29, 1.82) is 0 Å². The smallest absolute Gasteiger partial charge is 0.329 e. The van der Waals surface area contributed by atoms with Crippen molar-refractivity contribution in [1.82, 2.24) is 20.9 Å². The van der Waals surface area contributed by atoms with E-state index in [-0.39, 0.29) is 29.3 Å². The Hall–Kier alpha value is -3.96. The molecule has 2 unspecified atom stereocenters. The molecule has 6 atom stereocenters. The Labute approximate surface area is 289 Å². The number of rotatable bonds is 11. The Morgan fingerprint density at radius 2 is 1.45 bits per heavy atom. The van der Waals surface area contributed by atoms with E-state index in [0.717, 1.165) is 24.0 Å². The number of nitrogens with one attached hydrogen (secondary N) is 3. The van der Waals surface area contributed by atoms with Crippen LogP contribution in [0.2, 0.25) is 0 Å². The second kappa shape index (κ2) is 13.1. The van der Waals surface area contributed by atoms with Gasteiger partial charge >= 0.3 is 12.0 Å². The van der Waals surface area contributed by atoms with E-state index in [9.17, 15) is 28.8 Å². The lowest BCUT2D eigenvalue weighted by Crippen LogP contribution is -2.62. The van der Waals surface area contributed by atoms with Crippen LogP contribution in [0.5, 0.6) is 0 Å². The average Bonchev–Trinajstić information content (AvgIpc) is 3.75. The molecule has 1 aromatic rings. The summed E-state index contributed by atoms with van der Waals surface area (Å²) in [4.78, 5) is 81.3. The molecule has 5 rings (SSSR count). The standard InChI is InChI=1S/C37H53N5O7/c1-35(2,3)28(40-34(48)41-29(36(4,5)6)33(47)49-22-16-20-11-9-10-12-21(20)17-22)32(46)42-18-23-25(37(23,7)8)26(42)31(45)39-24(15-19-13-14-19)27(43)30(38)44/h9-12,19,22-26,28-29H,13-18H2,1-8H3,(H2,38,44)(H,39,45)(H2,40,41,48)/t23-,24?,25?,26-,28+,29+/m0/s1. The van der Waals surface area contributed by atoms with Gasteiger partial charge in [0.15, 0.2) is 0 Å². The zero-order valence-electron chi connectivity index (χ0n) is 30.1. The van der Waals surface area contributed by atoms with Crippen molar-refractivity contribution in [2.45, 2.75) is 118 Å². The first kappa shape index (κ1) is 36.3. The number of Topliss-reactive ketones (excluding diaryl/α,β-unsaturated/α-hetero) is 1. The molecule has 1 aromatic carbocycles. The van der Waals surface area contributed by atoms with Crippen molar-refractivity contribution in [2.75, 3.05) is 6.54 Å². The van der Waals surface area contributed by atoms with Gasteiger partial charge in [-0.15, -0.1) is 0 Å². The number of nitrogens with two attached hydrogens (primary N) is 1. The van der Waals surface area contributed by atoms with E-state index >= 15 is 0 Å². The maximum atomic E-state index is 14.4. The number of amides is 5. The second-order valence-electron chi connectivity index (χ2n) is 17.3. The fourth-order valence-corrected chi connectivity index (χ4v) is 7.74. The third-order valence-corrected chi connectivity index (χ3v) is 11.0. The highest BCUT2D eigenvalue weighted by Gasteiger charge is 2.70. The van der Waals surface area contributed by atoms with Crippen LogP contribution in [0.4, 0.5) is 4.79 Å². The van der Waals surface area contributed by atoms with Gasteiger partial charge in [0.1, 0.15) is 24.2 Å². The Morgan fingerprint density at radius 3 is 1.96 bits per heavy atom. The van der Waals surface area contributed by atoms with Crippen molar-refractivity contribution in [3.05, 3.63) is 35.4 Å². The fourth-order valence-electron chi connectivity index (χ4n) is 7.74. The molecule has 49 heavy (non-hydrogen) atoms. The number of ketones is 1. The summed E-state index contributed by atoms with van der Waals surface area (Å²) in [6.45, 7) is 15.3. The minimum absolute atomic E-state index is 0.0529. The number of fused-ring (bicyclic) bond motifs is 2. The number of carbonyl (C=O) groups excluding carboxylic acids is 6. The van der Waals surface area contributed by atoms with Crippen molar-refractivity contribution >= 4 is 35.5 Å². The summed E-state index contributed by atoms with van der Waals surface area (Å²) in [5.74, 6) is -3.32. The first-order chi connectivity index (χ1) is 22.7. The second-order valence-corrected chi connectivity index (χ2v) is 17.3. The molecular formula is C37H53N5O7. The van der Waals surface area contributed by atoms with Crippen molar-refractivity contribution in [2.24, 2.45) is 39.7 Å². The molecule has 12 nitrogen and oxygen atoms in total. The lowest BCUT2D eigenvalue weighted by molar-refractivity contribution is -0.153. The van der Waals surface area contributed by atoms with E-state index in [1.807, 2.05) is 79.7 Å². The number of benzene rings is 1. The predicted molar refractivity (Wildman–Crippen MR) is 182 cm³/mol. The molecule has 0 bridgehead atoms. The highest BCUT2D eigenvalue weighted by atomic mass is 16.5. The highest BCUT2D eigenvalue weighted by molar-refractivity contribution is 6.37. The molecular weight excluding hydrogens is 626 g/mol. The quantitative estimate of drug-likeness (QED) is 0.205. The number of esters is 1. The fraction of sp³-hybridized carbons (Fsp3) is 0.676. The molecule has 5 N–H and O–H groups in total. The molecule has 1 heterocycles. The Bertz CT molecular complexity index is 1500. The van der Waals surface area contributed by atoms with Crippen molar-refractivity contribution in [3.63, 3.8) is 0 Å². The number of ether oxygens (including phenoxy) is 1. The zero-order chi connectivity index (χ0) is 36.2. The third kappa shape index (κ3) is 7.78. The summed E-state index contributed by atoms with van der Waals surface area (Å²) in [7, 11) is 0. The number of nitrogens with zero attached hydrogens (tertiary/aromatic N) is 1. The van der Waals surface area contributed by atoms with Crippen LogP contribution in [0.15, 0.2) is 24.3 Å². The van der Waals surface area contributed by atoms with Gasteiger partial charge in [-0.25, -0.2) is 9.59 Å². The van der Waals surface area contributed by atoms with Gasteiger partial charge in [-0.3, -0.25) is 19.2 Å². The van der Waals surface area contributed by atoms with Gasteiger partial charge in [-0.05, 0) is 51.5 Å². The minimum Gasteiger partial charge on any atom is -0.460 e. The van der Waals surface area contributed by atoms with E-state index in [4.69, 9.17) is 10.5 Å². The van der Waals surface area contributed by atoms with Crippen LogP contribution >= 0.6 is 0 Å². The first-order valence-corrected chi connectivity index (χ1v) is 17.5. The van der Waals surface area contributed by atoms with E-state index in [1.54, 1.807) is 0 Å². The Morgan fingerprint density at radius 1 is 0.898 bits per heavy atom. The van der Waals surface area contributed by atoms with Gasteiger partial charge in [0.05, 0.1) is 6.04 Å². The lowest BCUT2D eigenvalue weighted by atomic mass is 9.85. The molecule has 268 valence electrons. The molecule has 3 aliphatic carbocycles. The van der Waals surface area contributed by atoms with Gasteiger partial charge in [-0.2, -0.15) is 0 Å². The molecule has 5 amide bonds. The average molecular weight is 680 g/mol. The monoisotopic (exact) mass is 679 g/mol. The third-order valence-electron chi connectivity index (χ3n) is 11.0. The van der Waals surface area contributed by atoms with Crippen LogP contribution in [0.25, 0.3) is 0 Å². The van der Waals surface area contributed by atoms with Crippen LogP contribution in [-0.4, -0.2) is 77.2 Å². The first-order valence-electron chi connectivity index (χ1n) is 17.5. The molecule has 2 saturated carbocycles. The van der Waals surface area contributed by atoms with Crippen molar-refractivity contribution < 1.29 is 33.5 Å². The number of piperidine rings is 1. The van der Waals surface area contributed by atoms with Gasteiger partial charge in [-0.1, -0.05) is 92.5 Å². The number of carbonyl (C=O) groups is 6. The summed E-state index contributed by atoms with van der Waals surface area (Å²) in [6, 6.07) is 3.24. The molecule has 0 aromatic heterocycles. The summed E-state index contributed by atoms with van der Waals surface area (Å²) >= 11 is 0. The van der Waals surface area contributed by atoms with Gasteiger partial charge in [0, 0.05) is 19.4 Å². The summed E-state index contributed by atoms with van der Waals surface area (Å²) < 4.78 is 5.90. The summed E-state index contributed by atoms with van der Waals surface area (Å²) in [5.41, 5.74) is 5.90. The molecule has 3 fully saturated rings. The SMILES string of the molecule is CC(C)(C)[C@H](NC(=O)N[C@H](C(=O)N1C[C@H]2C([C@H]1C(=O)NC(CC1CC1)C(=O)C(N)=O)C2(C)C)C(C)(C)C)C(=O)OC1Cc2ccccc2C1. The number of hydrogen-bond donors (Lipinski definition) is 4. The Kier molecular flexibility index (Phi) is 9.68. The van der Waals surface area contributed by atoms with Crippen LogP contribution in [0.3, 0.4) is 0 Å². The van der Waals surface area contributed by atoms with Crippen LogP contribution in [0, 0.1) is 34.0 Å². The van der Waals surface area contributed by atoms with E-state index in [0.29, 0.717) is 25.8 Å². The topological polar surface area (TPSA) is 177 Å². The predicted octanol–water partition coefficient (Wildman–Crippen LogP) is 2.65. The summed E-state index contributed by atoms with van der Waals surface area (Å²) in [5, 5.41) is 8.37. The van der Waals surface area contributed by atoms with E-state index in [2.05, 4.69) is 16.0 Å². The number of hydrogen-bond acceptors (Lipinski definition) is 7. The molecule has 12 heteroatoms. The normalized spacial score (nSPS) is 24.5. The highest BCUT2D eigenvalue weighted by Crippen LogP contribution is 2.65. The van der Waals surface area contributed by atoms with Crippen LogP contribution in [-0.2, 0) is 41.6 Å².